The molecule has 3 rings (SSSR count). The van der Waals surface area contributed by atoms with Gasteiger partial charge in [0.15, 0.2) is 11.6 Å². The summed E-state index contributed by atoms with van der Waals surface area (Å²) >= 11 is 0. The number of ether oxygens (including phenoxy) is 1. The molecule has 0 aliphatic carbocycles. The second-order valence-electron chi connectivity index (χ2n) is 7.66. The molecular formula is C20H25N3O2. The average Bonchev–Trinajstić information content (AvgIpc) is 3.03. The molecule has 1 aromatic rings. The predicted octanol–water partition coefficient (Wildman–Crippen LogP) is 3.94. The Morgan fingerprint density at radius 3 is 2.44 bits per heavy atom. The SMILES string of the molecule is CC(C)N1N=C(C(C)(C)C)/C(=C\C=C2\Oc3ccccc3N2C)C1=O. The van der Waals surface area contributed by atoms with E-state index in [2.05, 4.69) is 25.9 Å². The molecule has 1 aromatic carbocycles. The number of carbonyl (C=O) groups excluding carboxylic acids is 1. The molecule has 0 saturated carbocycles. The molecule has 25 heavy (non-hydrogen) atoms. The first kappa shape index (κ1) is 17.3. The van der Waals surface area contributed by atoms with Crippen molar-refractivity contribution >= 4 is 17.3 Å². The zero-order valence-corrected chi connectivity index (χ0v) is 15.7. The van der Waals surface area contributed by atoms with Crippen LogP contribution < -0.4 is 9.64 Å². The minimum atomic E-state index is -0.213. The molecule has 2 aliphatic heterocycles. The molecule has 0 aromatic heterocycles. The standard InChI is InChI=1S/C20H25N3O2/c1-13(2)23-19(24)14(18(21-23)20(3,4)5)11-12-17-22(6)15-9-7-8-10-16(15)25-17/h7-13H,1-6H3/b14-11+,17-12+. The lowest BCUT2D eigenvalue weighted by molar-refractivity contribution is -0.127. The predicted molar refractivity (Wildman–Crippen MR) is 101 cm³/mol. The third kappa shape index (κ3) is 3.06. The second-order valence-corrected chi connectivity index (χ2v) is 7.66. The van der Waals surface area contributed by atoms with Crippen LogP contribution in [0.3, 0.4) is 0 Å². The van der Waals surface area contributed by atoms with Crippen LogP contribution >= 0.6 is 0 Å². The molecular weight excluding hydrogens is 314 g/mol. The maximum atomic E-state index is 12.8. The molecule has 132 valence electrons. The summed E-state index contributed by atoms with van der Waals surface area (Å²) in [6, 6.07) is 7.89. The number of anilines is 1. The molecule has 0 fully saturated rings. The highest BCUT2D eigenvalue weighted by Gasteiger charge is 2.37. The summed E-state index contributed by atoms with van der Waals surface area (Å²) in [4.78, 5) is 14.7. The Hall–Kier alpha value is -2.56. The van der Waals surface area contributed by atoms with E-state index in [9.17, 15) is 4.79 Å². The van der Waals surface area contributed by atoms with Gasteiger partial charge in [-0.05, 0) is 38.1 Å². The summed E-state index contributed by atoms with van der Waals surface area (Å²) in [5.41, 5.74) is 2.23. The van der Waals surface area contributed by atoms with Crippen LogP contribution in [0.2, 0.25) is 0 Å². The number of hydrogen-bond acceptors (Lipinski definition) is 4. The fraction of sp³-hybridized carbons (Fsp3) is 0.400. The van der Waals surface area contributed by atoms with E-state index in [0.717, 1.165) is 17.1 Å². The van der Waals surface area contributed by atoms with E-state index in [4.69, 9.17) is 4.74 Å². The van der Waals surface area contributed by atoms with Crippen LogP contribution in [0.5, 0.6) is 5.75 Å². The van der Waals surface area contributed by atoms with Gasteiger partial charge in [0.1, 0.15) is 0 Å². The highest BCUT2D eigenvalue weighted by atomic mass is 16.5. The van der Waals surface area contributed by atoms with Crippen molar-refractivity contribution in [3.8, 4) is 5.75 Å². The van der Waals surface area contributed by atoms with Crippen molar-refractivity contribution in [1.82, 2.24) is 5.01 Å². The van der Waals surface area contributed by atoms with Gasteiger partial charge in [-0.25, -0.2) is 5.01 Å². The lowest BCUT2D eigenvalue weighted by Gasteiger charge is -2.18. The van der Waals surface area contributed by atoms with E-state index in [0.29, 0.717) is 11.5 Å². The van der Waals surface area contributed by atoms with Gasteiger partial charge in [-0.2, -0.15) is 5.10 Å². The van der Waals surface area contributed by atoms with Crippen LogP contribution in [0.4, 0.5) is 5.69 Å². The third-order valence-corrected chi connectivity index (χ3v) is 4.27. The molecule has 1 amide bonds. The van der Waals surface area contributed by atoms with Gasteiger partial charge in [-0.15, -0.1) is 0 Å². The number of hydrazone groups is 1. The fourth-order valence-corrected chi connectivity index (χ4v) is 2.91. The molecule has 0 N–H and O–H groups in total. The Morgan fingerprint density at radius 2 is 1.84 bits per heavy atom. The Morgan fingerprint density at radius 1 is 1.16 bits per heavy atom. The number of rotatable bonds is 2. The number of para-hydroxylation sites is 2. The van der Waals surface area contributed by atoms with Gasteiger partial charge in [0.05, 0.1) is 23.0 Å². The number of allylic oxidation sites excluding steroid dienone is 2. The van der Waals surface area contributed by atoms with Crippen LogP contribution in [0.1, 0.15) is 34.6 Å². The van der Waals surface area contributed by atoms with E-state index < -0.39 is 0 Å². The van der Waals surface area contributed by atoms with E-state index >= 15 is 0 Å². The zero-order chi connectivity index (χ0) is 18.4. The first-order chi connectivity index (χ1) is 11.7. The normalized spacial score (nSPS) is 20.6. The van der Waals surface area contributed by atoms with Crippen molar-refractivity contribution in [1.29, 1.82) is 0 Å². The average molecular weight is 339 g/mol. The van der Waals surface area contributed by atoms with E-state index in [1.165, 1.54) is 0 Å². The summed E-state index contributed by atoms with van der Waals surface area (Å²) in [6.07, 6.45) is 3.67. The quantitative estimate of drug-likeness (QED) is 0.767. The topological polar surface area (TPSA) is 45.1 Å². The summed E-state index contributed by atoms with van der Waals surface area (Å²) in [7, 11) is 1.95. The van der Waals surface area contributed by atoms with Crippen LogP contribution in [-0.4, -0.2) is 29.7 Å². The van der Waals surface area contributed by atoms with E-state index in [1.807, 2.05) is 62.2 Å². The summed E-state index contributed by atoms with van der Waals surface area (Å²) in [6.45, 7) is 10.1. The molecule has 2 aliphatic rings. The summed E-state index contributed by atoms with van der Waals surface area (Å²) in [5, 5.41) is 6.13. The first-order valence-corrected chi connectivity index (χ1v) is 8.55. The monoisotopic (exact) mass is 339 g/mol. The molecule has 0 bridgehead atoms. The van der Waals surface area contributed by atoms with Crippen molar-refractivity contribution in [2.75, 3.05) is 11.9 Å². The molecule has 2 heterocycles. The van der Waals surface area contributed by atoms with Gasteiger partial charge in [-0.1, -0.05) is 32.9 Å². The Labute approximate surface area is 149 Å². The lowest BCUT2D eigenvalue weighted by Crippen LogP contribution is -2.29. The summed E-state index contributed by atoms with van der Waals surface area (Å²) < 4.78 is 5.89. The number of hydrogen-bond donors (Lipinski definition) is 0. The molecule has 5 heteroatoms. The fourth-order valence-electron chi connectivity index (χ4n) is 2.91. The van der Waals surface area contributed by atoms with Crippen molar-refractivity contribution in [2.24, 2.45) is 10.5 Å². The third-order valence-electron chi connectivity index (χ3n) is 4.27. The number of carbonyl (C=O) groups is 1. The minimum absolute atomic E-state index is 0.0260. The molecule has 0 radical (unpaired) electrons. The lowest BCUT2D eigenvalue weighted by atomic mass is 9.85. The maximum absolute atomic E-state index is 12.8. The highest BCUT2D eigenvalue weighted by Crippen LogP contribution is 2.37. The van der Waals surface area contributed by atoms with Gasteiger partial charge in [0.25, 0.3) is 5.91 Å². The molecule has 0 unspecified atom stereocenters. The van der Waals surface area contributed by atoms with Crippen LogP contribution in [0.15, 0.2) is 53.0 Å². The smallest absolute Gasteiger partial charge is 0.276 e. The largest absolute Gasteiger partial charge is 0.439 e. The van der Waals surface area contributed by atoms with Crippen LogP contribution in [0, 0.1) is 5.41 Å². The minimum Gasteiger partial charge on any atom is -0.439 e. The van der Waals surface area contributed by atoms with Gasteiger partial charge in [-0.3, -0.25) is 4.79 Å². The molecule has 0 saturated heterocycles. The molecule has 0 atom stereocenters. The second kappa shape index (κ2) is 6.06. The Kier molecular flexibility index (Phi) is 4.19. The van der Waals surface area contributed by atoms with E-state index in [-0.39, 0.29) is 17.4 Å². The van der Waals surface area contributed by atoms with Crippen molar-refractivity contribution in [3.05, 3.63) is 47.9 Å². The van der Waals surface area contributed by atoms with Gasteiger partial charge >= 0.3 is 0 Å². The first-order valence-electron chi connectivity index (χ1n) is 8.55. The molecule has 0 spiro atoms. The number of benzene rings is 1. The van der Waals surface area contributed by atoms with Gasteiger partial charge in [0.2, 0.25) is 0 Å². The Bertz CT molecular complexity index is 797. The zero-order valence-electron chi connectivity index (χ0n) is 15.7. The van der Waals surface area contributed by atoms with Crippen molar-refractivity contribution < 1.29 is 9.53 Å². The van der Waals surface area contributed by atoms with Gasteiger partial charge in [0, 0.05) is 12.5 Å². The van der Waals surface area contributed by atoms with Crippen LogP contribution in [-0.2, 0) is 4.79 Å². The highest BCUT2D eigenvalue weighted by molar-refractivity contribution is 6.26. The Balaban J connectivity index is 1.95. The van der Waals surface area contributed by atoms with Crippen LogP contribution in [0.25, 0.3) is 0 Å². The van der Waals surface area contributed by atoms with Crippen molar-refractivity contribution in [2.45, 2.75) is 40.7 Å². The number of nitrogens with zero attached hydrogens (tertiary/aromatic N) is 3. The number of fused-ring (bicyclic) bond motifs is 1. The molecule has 5 nitrogen and oxygen atoms in total. The number of amides is 1. The van der Waals surface area contributed by atoms with E-state index in [1.54, 1.807) is 5.01 Å². The summed E-state index contributed by atoms with van der Waals surface area (Å²) in [5.74, 6) is 1.45. The van der Waals surface area contributed by atoms with Gasteiger partial charge < -0.3 is 9.64 Å². The van der Waals surface area contributed by atoms with Crippen molar-refractivity contribution in [3.63, 3.8) is 0 Å². The maximum Gasteiger partial charge on any atom is 0.276 e.